The summed E-state index contributed by atoms with van der Waals surface area (Å²) < 4.78 is 5.46. The van der Waals surface area contributed by atoms with Gasteiger partial charge >= 0.3 is 0 Å². The van der Waals surface area contributed by atoms with Gasteiger partial charge in [0.1, 0.15) is 11.5 Å². The first-order valence-corrected chi connectivity index (χ1v) is 4.79. The number of aliphatic hydroxyl groups is 1. The van der Waals surface area contributed by atoms with Gasteiger partial charge in [-0.15, -0.1) is 0 Å². The summed E-state index contributed by atoms with van der Waals surface area (Å²) in [6, 6.07) is 3.71. The Balaban J connectivity index is 2.44. The number of rotatable bonds is 2. The van der Waals surface area contributed by atoms with Crippen LogP contribution in [-0.2, 0) is 6.42 Å². The van der Waals surface area contributed by atoms with Crippen LogP contribution in [0, 0.1) is 0 Å². The molecule has 1 aromatic rings. The summed E-state index contributed by atoms with van der Waals surface area (Å²) in [6.07, 6.45) is 4.26. The summed E-state index contributed by atoms with van der Waals surface area (Å²) in [4.78, 5) is 0. The van der Waals surface area contributed by atoms with Gasteiger partial charge in [0.2, 0.25) is 0 Å². The maximum absolute atomic E-state index is 8.87. The van der Waals surface area contributed by atoms with Crippen molar-refractivity contribution in [3.05, 3.63) is 41.7 Å². The molecule has 1 aromatic carbocycles. The van der Waals surface area contributed by atoms with Crippen LogP contribution in [0.3, 0.4) is 0 Å². The Kier molecular flexibility index (Phi) is 2.47. The highest BCUT2D eigenvalue weighted by atomic mass is 16.5. The fraction of sp³-hybridized carbons (Fsp3) is 0.167. The highest BCUT2D eigenvalue weighted by Crippen LogP contribution is 2.31. The number of nitrogens with two attached hydrogens (primary N) is 1. The molecule has 0 amide bonds. The van der Waals surface area contributed by atoms with Crippen molar-refractivity contribution in [2.45, 2.75) is 6.42 Å². The van der Waals surface area contributed by atoms with Gasteiger partial charge in [-0.3, -0.25) is 0 Å². The van der Waals surface area contributed by atoms with Gasteiger partial charge < -0.3 is 15.6 Å². The van der Waals surface area contributed by atoms with E-state index < -0.39 is 0 Å². The van der Waals surface area contributed by atoms with Gasteiger partial charge in [0, 0.05) is 17.9 Å². The van der Waals surface area contributed by atoms with Crippen LogP contribution in [0.1, 0.15) is 11.1 Å². The lowest BCUT2D eigenvalue weighted by Gasteiger charge is -2.16. The molecule has 3 N–H and O–H groups in total. The van der Waals surface area contributed by atoms with E-state index in [1.54, 1.807) is 6.08 Å². The van der Waals surface area contributed by atoms with Crippen LogP contribution in [0.2, 0.25) is 0 Å². The Morgan fingerprint density at radius 2 is 2.13 bits per heavy atom. The molecule has 0 spiro atoms. The predicted octanol–water partition coefficient (Wildman–Crippen LogP) is 1.72. The summed E-state index contributed by atoms with van der Waals surface area (Å²) in [5.41, 5.74) is 8.37. The normalized spacial score (nSPS) is 13.5. The fourth-order valence-corrected chi connectivity index (χ4v) is 1.57. The monoisotopic (exact) mass is 203 g/mol. The molecule has 78 valence electrons. The van der Waals surface area contributed by atoms with Crippen molar-refractivity contribution >= 4 is 11.8 Å². The second-order valence-corrected chi connectivity index (χ2v) is 3.46. The van der Waals surface area contributed by atoms with E-state index >= 15 is 0 Å². The average molecular weight is 203 g/mol. The first kappa shape index (κ1) is 9.80. The molecule has 0 radical (unpaired) electrons. The lowest BCUT2D eigenvalue weighted by molar-refractivity contribution is 0.299. The van der Waals surface area contributed by atoms with Gasteiger partial charge in [-0.1, -0.05) is 6.58 Å². The number of aliphatic hydroxyl groups excluding tert-OH is 1. The highest BCUT2D eigenvalue weighted by Gasteiger charge is 2.11. The molecular formula is C12H13NO2. The van der Waals surface area contributed by atoms with E-state index in [-0.39, 0.29) is 6.61 Å². The highest BCUT2D eigenvalue weighted by molar-refractivity contribution is 5.68. The summed E-state index contributed by atoms with van der Waals surface area (Å²) >= 11 is 0. The van der Waals surface area contributed by atoms with E-state index in [2.05, 4.69) is 6.58 Å². The summed E-state index contributed by atoms with van der Waals surface area (Å²) in [7, 11) is 0. The van der Waals surface area contributed by atoms with Crippen LogP contribution in [0.25, 0.3) is 6.08 Å². The van der Waals surface area contributed by atoms with Gasteiger partial charge in [-0.05, 0) is 36.3 Å². The number of ether oxygens (including phenoxy) is 1. The zero-order chi connectivity index (χ0) is 10.8. The van der Waals surface area contributed by atoms with Crippen molar-refractivity contribution in [2.75, 3.05) is 12.3 Å². The van der Waals surface area contributed by atoms with Gasteiger partial charge in [-0.2, -0.15) is 0 Å². The number of hydrogen-bond acceptors (Lipinski definition) is 3. The van der Waals surface area contributed by atoms with E-state index in [1.807, 2.05) is 18.2 Å². The van der Waals surface area contributed by atoms with E-state index in [4.69, 9.17) is 15.6 Å². The lowest BCUT2D eigenvalue weighted by Crippen LogP contribution is -2.03. The quantitative estimate of drug-likeness (QED) is 0.719. The Morgan fingerprint density at radius 1 is 1.33 bits per heavy atom. The number of benzene rings is 1. The third kappa shape index (κ3) is 1.87. The first-order chi connectivity index (χ1) is 7.20. The maximum atomic E-state index is 8.87. The van der Waals surface area contributed by atoms with Gasteiger partial charge in [0.25, 0.3) is 0 Å². The van der Waals surface area contributed by atoms with E-state index in [9.17, 15) is 0 Å². The van der Waals surface area contributed by atoms with Crippen LogP contribution in [0.15, 0.2) is 30.5 Å². The Morgan fingerprint density at radius 3 is 2.87 bits per heavy atom. The fourth-order valence-electron chi connectivity index (χ4n) is 1.57. The van der Waals surface area contributed by atoms with E-state index in [0.717, 1.165) is 16.9 Å². The third-order valence-electron chi connectivity index (χ3n) is 2.34. The molecule has 1 heterocycles. The molecule has 1 aliphatic heterocycles. The molecule has 0 unspecified atom stereocenters. The number of allylic oxidation sites excluding steroid dienone is 1. The largest absolute Gasteiger partial charge is 0.457 e. The molecule has 15 heavy (non-hydrogen) atoms. The second kappa shape index (κ2) is 3.79. The molecule has 2 rings (SSSR count). The molecule has 1 aliphatic rings. The molecular weight excluding hydrogens is 190 g/mol. The minimum atomic E-state index is 0.0831. The van der Waals surface area contributed by atoms with Crippen LogP contribution in [0.4, 0.5) is 5.69 Å². The topological polar surface area (TPSA) is 55.5 Å². The molecule has 0 aromatic heterocycles. The Hall–Kier alpha value is -1.74. The molecule has 0 bridgehead atoms. The summed E-state index contributed by atoms with van der Waals surface area (Å²) in [5, 5.41) is 8.87. The van der Waals surface area contributed by atoms with Crippen molar-refractivity contribution in [3.63, 3.8) is 0 Å². The summed E-state index contributed by atoms with van der Waals surface area (Å²) in [6.45, 7) is 3.80. The molecule has 0 atom stereocenters. The van der Waals surface area contributed by atoms with Crippen molar-refractivity contribution in [1.29, 1.82) is 0 Å². The lowest BCUT2D eigenvalue weighted by atomic mass is 10.0. The first-order valence-electron chi connectivity index (χ1n) is 4.79. The number of anilines is 1. The maximum Gasteiger partial charge on any atom is 0.135 e. The van der Waals surface area contributed by atoms with Gasteiger partial charge in [0.05, 0.1) is 0 Å². The van der Waals surface area contributed by atoms with Crippen molar-refractivity contribution < 1.29 is 9.84 Å². The molecule has 0 aliphatic carbocycles. The SMILES string of the molecule is C=C1C=Cc2cc(N)c(CCO)cc2O1. The van der Waals surface area contributed by atoms with Crippen LogP contribution in [0.5, 0.6) is 5.75 Å². The number of hydrogen-bond donors (Lipinski definition) is 2. The molecule has 3 nitrogen and oxygen atoms in total. The Labute approximate surface area is 88.5 Å². The minimum Gasteiger partial charge on any atom is -0.457 e. The van der Waals surface area contributed by atoms with Crippen molar-refractivity contribution in [2.24, 2.45) is 0 Å². The van der Waals surface area contributed by atoms with Gasteiger partial charge in [0.15, 0.2) is 0 Å². The molecule has 0 saturated carbocycles. The molecule has 3 heteroatoms. The smallest absolute Gasteiger partial charge is 0.135 e. The van der Waals surface area contributed by atoms with Crippen molar-refractivity contribution in [3.8, 4) is 5.75 Å². The van der Waals surface area contributed by atoms with E-state index in [1.165, 1.54) is 0 Å². The second-order valence-electron chi connectivity index (χ2n) is 3.46. The summed E-state index contributed by atoms with van der Waals surface area (Å²) in [5.74, 6) is 1.36. The minimum absolute atomic E-state index is 0.0831. The van der Waals surface area contributed by atoms with Crippen LogP contribution >= 0.6 is 0 Å². The van der Waals surface area contributed by atoms with Crippen LogP contribution < -0.4 is 10.5 Å². The molecule has 0 fully saturated rings. The van der Waals surface area contributed by atoms with Gasteiger partial charge in [-0.25, -0.2) is 0 Å². The van der Waals surface area contributed by atoms with Crippen LogP contribution in [-0.4, -0.2) is 11.7 Å². The average Bonchev–Trinajstić information content (AvgIpc) is 2.20. The molecule has 0 saturated heterocycles. The Bertz CT molecular complexity index is 435. The van der Waals surface area contributed by atoms with Crippen molar-refractivity contribution in [1.82, 2.24) is 0 Å². The zero-order valence-electron chi connectivity index (χ0n) is 8.36. The third-order valence-corrected chi connectivity index (χ3v) is 2.34. The predicted molar refractivity (Wildman–Crippen MR) is 60.4 cm³/mol. The standard InChI is InChI=1S/C12H13NO2/c1-8-2-3-10-6-11(13)9(4-5-14)7-12(10)15-8/h2-3,6-7,14H,1,4-5,13H2. The van der Waals surface area contributed by atoms with E-state index in [0.29, 0.717) is 17.9 Å². The zero-order valence-corrected chi connectivity index (χ0v) is 8.36. The number of fused-ring (bicyclic) bond motifs is 1. The number of nitrogen functional groups attached to an aromatic ring is 1.